The fraction of sp³-hybridized carbons (Fsp3) is 0.696. The van der Waals surface area contributed by atoms with Crippen LogP contribution in [0.3, 0.4) is 0 Å². The summed E-state index contributed by atoms with van der Waals surface area (Å²) in [4.78, 5) is 19.6. The summed E-state index contributed by atoms with van der Waals surface area (Å²) >= 11 is 0. The molecule has 0 spiro atoms. The second-order valence-corrected chi connectivity index (χ2v) is 8.96. The average Bonchev–Trinajstić information content (AvgIpc) is 3.36. The number of likely N-dealkylation sites (tertiary alicyclic amines) is 1. The Labute approximate surface area is 170 Å². The standard InChI is InChI=1S/C23H36N4O/c1-19-6-5-11-27(19)23(28)17-24-21-10-9-20(16-21)18-25-12-14-26(15-13-25)22-7-3-2-4-8-22/h2-4,7-8,19-21,24H,5-6,9-18H2,1H3/t19-,20-,21+/m1/s1. The molecule has 1 aliphatic carbocycles. The van der Waals surface area contributed by atoms with Gasteiger partial charge in [0, 0.05) is 57.0 Å². The summed E-state index contributed by atoms with van der Waals surface area (Å²) in [5, 5.41) is 3.56. The Kier molecular flexibility index (Phi) is 6.53. The number of para-hydroxylation sites is 1. The maximum atomic E-state index is 12.4. The number of hydrogen-bond acceptors (Lipinski definition) is 4. The third kappa shape index (κ3) is 4.87. The smallest absolute Gasteiger partial charge is 0.236 e. The Bertz CT molecular complexity index is 629. The zero-order valence-electron chi connectivity index (χ0n) is 17.4. The normalized spacial score (nSPS) is 28.8. The monoisotopic (exact) mass is 384 g/mol. The van der Waals surface area contributed by atoms with E-state index in [9.17, 15) is 4.79 Å². The van der Waals surface area contributed by atoms with E-state index in [1.807, 2.05) is 0 Å². The predicted octanol–water partition coefficient (Wildman–Crippen LogP) is 2.58. The molecule has 0 aromatic heterocycles. The summed E-state index contributed by atoms with van der Waals surface area (Å²) in [6, 6.07) is 11.7. The van der Waals surface area contributed by atoms with Crippen molar-refractivity contribution in [2.45, 2.75) is 51.1 Å². The van der Waals surface area contributed by atoms with E-state index in [-0.39, 0.29) is 0 Å². The third-order valence-corrected chi connectivity index (χ3v) is 6.97. The van der Waals surface area contributed by atoms with Crippen molar-refractivity contribution < 1.29 is 4.79 Å². The largest absolute Gasteiger partial charge is 0.369 e. The molecule has 0 unspecified atom stereocenters. The van der Waals surface area contributed by atoms with Crippen molar-refractivity contribution in [3.8, 4) is 0 Å². The van der Waals surface area contributed by atoms with Gasteiger partial charge in [0.1, 0.15) is 0 Å². The van der Waals surface area contributed by atoms with E-state index < -0.39 is 0 Å². The first kappa shape index (κ1) is 19.7. The van der Waals surface area contributed by atoms with Gasteiger partial charge in [-0.25, -0.2) is 0 Å². The molecule has 1 aromatic carbocycles. The van der Waals surface area contributed by atoms with E-state index in [0.29, 0.717) is 24.5 Å². The molecule has 0 radical (unpaired) electrons. The molecule has 1 saturated carbocycles. The Balaban J connectivity index is 1.15. The lowest BCUT2D eigenvalue weighted by atomic mass is 10.1. The molecule has 28 heavy (non-hydrogen) atoms. The number of rotatable bonds is 6. The molecule has 2 heterocycles. The highest BCUT2D eigenvalue weighted by atomic mass is 16.2. The van der Waals surface area contributed by atoms with E-state index in [1.54, 1.807) is 0 Å². The molecule has 0 bridgehead atoms. The van der Waals surface area contributed by atoms with Crippen molar-refractivity contribution in [1.82, 2.24) is 15.1 Å². The summed E-state index contributed by atoms with van der Waals surface area (Å²) in [6.45, 7) is 9.44. The van der Waals surface area contributed by atoms with E-state index in [2.05, 4.69) is 57.3 Å². The molecule has 5 nitrogen and oxygen atoms in total. The van der Waals surface area contributed by atoms with Crippen molar-refractivity contribution in [3.63, 3.8) is 0 Å². The van der Waals surface area contributed by atoms with Gasteiger partial charge in [-0.1, -0.05) is 18.2 Å². The van der Waals surface area contributed by atoms with Gasteiger partial charge in [-0.05, 0) is 57.1 Å². The number of carbonyl (C=O) groups excluding carboxylic acids is 1. The SMILES string of the molecule is C[C@@H]1CCCN1C(=O)CN[C@H]1CC[C@@H](CN2CCN(c3ccccc3)CC2)C1. The average molecular weight is 385 g/mol. The lowest BCUT2D eigenvalue weighted by molar-refractivity contribution is -0.130. The van der Waals surface area contributed by atoms with Crippen LogP contribution in [0.1, 0.15) is 39.0 Å². The molecule has 3 atom stereocenters. The van der Waals surface area contributed by atoms with Crippen molar-refractivity contribution >= 4 is 11.6 Å². The topological polar surface area (TPSA) is 38.8 Å². The number of piperazine rings is 1. The molecule has 3 aliphatic rings. The predicted molar refractivity (Wildman–Crippen MR) is 115 cm³/mol. The molecule has 3 fully saturated rings. The van der Waals surface area contributed by atoms with Gasteiger partial charge in [-0.15, -0.1) is 0 Å². The summed E-state index contributed by atoms with van der Waals surface area (Å²) in [5.41, 5.74) is 1.35. The molecule has 2 saturated heterocycles. The van der Waals surface area contributed by atoms with Crippen LogP contribution in [0.15, 0.2) is 30.3 Å². The minimum Gasteiger partial charge on any atom is -0.369 e. The van der Waals surface area contributed by atoms with Gasteiger partial charge in [0.15, 0.2) is 0 Å². The Morgan fingerprint density at radius 2 is 1.82 bits per heavy atom. The number of nitrogens with one attached hydrogen (secondary N) is 1. The van der Waals surface area contributed by atoms with E-state index in [0.717, 1.165) is 51.5 Å². The first-order chi connectivity index (χ1) is 13.7. The first-order valence-electron chi connectivity index (χ1n) is 11.2. The number of carbonyl (C=O) groups is 1. The minimum atomic E-state index is 0.297. The number of nitrogens with zero attached hydrogens (tertiary/aromatic N) is 3. The third-order valence-electron chi connectivity index (χ3n) is 6.97. The Hall–Kier alpha value is -1.59. The Morgan fingerprint density at radius 1 is 1.04 bits per heavy atom. The van der Waals surface area contributed by atoms with Crippen LogP contribution < -0.4 is 10.2 Å². The summed E-state index contributed by atoms with van der Waals surface area (Å²) < 4.78 is 0. The van der Waals surface area contributed by atoms with Crippen LogP contribution in [0.25, 0.3) is 0 Å². The van der Waals surface area contributed by atoms with Crippen molar-refractivity contribution in [2.24, 2.45) is 5.92 Å². The maximum Gasteiger partial charge on any atom is 0.236 e. The molecule has 5 heteroatoms. The fourth-order valence-corrected chi connectivity index (χ4v) is 5.26. The van der Waals surface area contributed by atoms with Crippen molar-refractivity contribution in [2.75, 3.05) is 50.7 Å². The number of amides is 1. The van der Waals surface area contributed by atoms with Gasteiger partial charge < -0.3 is 15.1 Å². The van der Waals surface area contributed by atoms with Gasteiger partial charge >= 0.3 is 0 Å². The van der Waals surface area contributed by atoms with Gasteiger partial charge in [0.2, 0.25) is 5.91 Å². The zero-order chi connectivity index (χ0) is 19.3. The molecule has 1 N–H and O–H groups in total. The van der Waals surface area contributed by atoms with E-state index in [4.69, 9.17) is 0 Å². The van der Waals surface area contributed by atoms with Crippen LogP contribution in [0.2, 0.25) is 0 Å². The number of anilines is 1. The molecule has 1 aromatic rings. The minimum absolute atomic E-state index is 0.297. The van der Waals surface area contributed by atoms with Crippen LogP contribution >= 0.6 is 0 Å². The van der Waals surface area contributed by atoms with Crippen LogP contribution in [-0.4, -0.2) is 73.6 Å². The lowest BCUT2D eigenvalue weighted by Crippen LogP contribution is -2.47. The van der Waals surface area contributed by atoms with E-state index >= 15 is 0 Å². The first-order valence-corrected chi connectivity index (χ1v) is 11.2. The molecule has 1 amide bonds. The quantitative estimate of drug-likeness (QED) is 0.818. The van der Waals surface area contributed by atoms with Gasteiger partial charge in [0.25, 0.3) is 0 Å². The maximum absolute atomic E-state index is 12.4. The number of benzene rings is 1. The summed E-state index contributed by atoms with van der Waals surface area (Å²) in [6.07, 6.45) is 6.06. The van der Waals surface area contributed by atoms with Gasteiger partial charge in [-0.3, -0.25) is 9.69 Å². The van der Waals surface area contributed by atoms with Gasteiger partial charge in [-0.2, -0.15) is 0 Å². The van der Waals surface area contributed by atoms with Crippen molar-refractivity contribution in [3.05, 3.63) is 30.3 Å². The molecule has 4 rings (SSSR count). The highest BCUT2D eigenvalue weighted by molar-refractivity contribution is 5.78. The molecular formula is C23H36N4O. The van der Waals surface area contributed by atoms with Crippen molar-refractivity contribution in [1.29, 1.82) is 0 Å². The van der Waals surface area contributed by atoms with Crippen LogP contribution in [0, 0.1) is 5.92 Å². The van der Waals surface area contributed by atoms with E-state index in [1.165, 1.54) is 31.5 Å². The summed E-state index contributed by atoms with van der Waals surface area (Å²) in [5.74, 6) is 1.08. The number of hydrogen-bond donors (Lipinski definition) is 1. The van der Waals surface area contributed by atoms with Gasteiger partial charge in [0.05, 0.1) is 6.54 Å². The molecule has 154 valence electrons. The fourth-order valence-electron chi connectivity index (χ4n) is 5.26. The second-order valence-electron chi connectivity index (χ2n) is 8.96. The molecule has 2 aliphatic heterocycles. The second kappa shape index (κ2) is 9.27. The zero-order valence-corrected chi connectivity index (χ0v) is 17.4. The van der Waals surface area contributed by atoms with Crippen LogP contribution in [0.4, 0.5) is 5.69 Å². The van der Waals surface area contributed by atoms with Crippen LogP contribution in [-0.2, 0) is 4.79 Å². The van der Waals surface area contributed by atoms with Crippen LogP contribution in [0.5, 0.6) is 0 Å². The Morgan fingerprint density at radius 3 is 2.54 bits per heavy atom. The highest BCUT2D eigenvalue weighted by Gasteiger charge is 2.29. The highest BCUT2D eigenvalue weighted by Crippen LogP contribution is 2.27. The lowest BCUT2D eigenvalue weighted by Gasteiger charge is -2.37. The summed E-state index contributed by atoms with van der Waals surface area (Å²) in [7, 11) is 0. The molecular weight excluding hydrogens is 348 g/mol.